The average Bonchev–Trinajstić information content (AvgIpc) is 1.69. The van der Waals surface area contributed by atoms with Crippen LogP contribution in [0.5, 0.6) is 0 Å². The van der Waals surface area contributed by atoms with Crippen molar-refractivity contribution in [2.75, 3.05) is 134 Å². The van der Waals surface area contributed by atoms with E-state index in [4.69, 9.17) is 9.47 Å². The molecule has 11 rings (SSSR count). The van der Waals surface area contributed by atoms with Crippen molar-refractivity contribution in [1.29, 1.82) is 0 Å². The van der Waals surface area contributed by atoms with Gasteiger partial charge in [-0.3, -0.25) is 48.4 Å². The van der Waals surface area contributed by atoms with Crippen LogP contribution in [0, 0.1) is 17.6 Å². The number of carbonyl (C=O) groups excluding carboxylic acids is 4. The molecule has 0 bridgehead atoms. The van der Waals surface area contributed by atoms with Crippen molar-refractivity contribution in [3.8, 4) is 0 Å². The van der Waals surface area contributed by atoms with Crippen LogP contribution in [-0.2, 0) is 52.3 Å². The van der Waals surface area contributed by atoms with Gasteiger partial charge in [0.25, 0.3) is 17.0 Å². The molecule has 2 aromatic heterocycles. The maximum absolute atomic E-state index is 14.4. The van der Waals surface area contributed by atoms with Crippen LogP contribution in [0.2, 0.25) is 0 Å². The Morgan fingerprint density at radius 2 is 1.06 bits per heavy atom. The van der Waals surface area contributed by atoms with E-state index in [0.717, 1.165) is 35.4 Å². The maximum atomic E-state index is 14.4. The molecule has 5 fully saturated rings. The normalized spacial score (nSPS) is 25.7. The van der Waals surface area contributed by atoms with E-state index < -0.39 is 23.0 Å². The second-order valence-corrected chi connectivity index (χ2v) is 26.6. The number of carbonyl (C=O) groups is 4. The van der Waals surface area contributed by atoms with E-state index >= 15 is 0 Å². The summed E-state index contributed by atoms with van der Waals surface area (Å²) in [5.41, 5.74) is 4.14. The summed E-state index contributed by atoms with van der Waals surface area (Å²) < 4.78 is 39.5. The number of hydrogen-bond donors (Lipinski definition) is 5. The average molecular weight is 1190 g/mol. The van der Waals surface area contributed by atoms with Gasteiger partial charge < -0.3 is 50.1 Å². The Morgan fingerprint density at radius 1 is 0.616 bits per heavy atom. The van der Waals surface area contributed by atoms with Crippen molar-refractivity contribution in [2.45, 2.75) is 114 Å². The number of aromatic nitrogens is 2. The van der Waals surface area contributed by atoms with Crippen molar-refractivity contribution in [3.63, 3.8) is 0 Å². The zero-order chi connectivity index (χ0) is 60.6. The fourth-order valence-corrected chi connectivity index (χ4v) is 13.9. The van der Waals surface area contributed by atoms with E-state index in [1.54, 1.807) is 34.1 Å². The Bertz CT molecular complexity index is 3240. The third-order valence-electron chi connectivity index (χ3n) is 18.9. The Labute approximate surface area is 502 Å². The summed E-state index contributed by atoms with van der Waals surface area (Å²) >= 11 is 0. The molecule has 4 amide bonds. The molecule has 6 atom stereocenters. The summed E-state index contributed by atoms with van der Waals surface area (Å²) in [4.78, 5) is 104. The molecule has 5 N–H and O–H groups in total. The molecule has 2 aromatic carbocycles. The molecule has 464 valence electrons. The SMILES string of the molecule is C[C@@H]1CN(CC(=O)N2CC(C)(C)c3[nH]c(=O)c(Cc4ccc(F)cc4)cc32)[C@@H](CN2CCO[C@H](C(=O)NCC3CCN(C(=O)[C@@H]4CN(C[C@H]5CN[C@H](C)CN5CC(=O)N5CC(C)(C)c6[nH]c(=O)c(Cc7ccc(F)cc7)cc65)CCO4)CC3)C2)CN1. The van der Waals surface area contributed by atoms with E-state index in [9.17, 15) is 37.5 Å². The molecule has 86 heavy (non-hydrogen) atoms. The molecular weight excluding hydrogens is 1100 g/mol. The monoisotopic (exact) mass is 1190 g/mol. The van der Waals surface area contributed by atoms with Gasteiger partial charge >= 0.3 is 0 Å². The first-order valence-corrected chi connectivity index (χ1v) is 30.9. The van der Waals surface area contributed by atoms with E-state index in [0.29, 0.717) is 147 Å². The van der Waals surface area contributed by atoms with Crippen LogP contribution in [0.1, 0.15) is 88.0 Å². The number of hydrogen-bond acceptors (Lipinski definition) is 14. The number of rotatable bonds is 16. The predicted octanol–water partition coefficient (Wildman–Crippen LogP) is 2.55. The topological polar surface area (TPSA) is 211 Å². The highest BCUT2D eigenvalue weighted by molar-refractivity contribution is 5.98. The highest BCUT2D eigenvalue weighted by atomic mass is 19.1. The van der Waals surface area contributed by atoms with Crippen molar-refractivity contribution in [2.24, 2.45) is 5.92 Å². The Hall–Kier alpha value is -6.24. The highest BCUT2D eigenvalue weighted by Crippen LogP contribution is 2.41. The molecule has 0 spiro atoms. The predicted molar refractivity (Wildman–Crippen MR) is 324 cm³/mol. The minimum Gasteiger partial charge on any atom is -0.366 e. The number of aromatic amines is 2. The first-order chi connectivity index (χ1) is 41.1. The van der Waals surface area contributed by atoms with E-state index in [1.807, 2.05) is 44.7 Å². The highest BCUT2D eigenvalue weighted by Gasteiger charge is 2.44. The molecular formula is C64H86F2N12O8. The molecule has 5 saturated heterocycles. The Kier molecular flexibility index (Phi) is 18.5. The molecule has 0 saturated carbocycles. The van der Waals surface area contributed by atoms with Crippen LogP contribution in [0.25, 0.3) is 0 Å². The number of amides is 4. The van der Waals surface area contributed by atoms with Crippen molar-refractivity contribution >= 4 is 35.0 Å². The van der Waals surface area contributed by atoms with Crippen molar-refractivity contribution in [3.05, 3.63) is 127 Å². The number of nitrogens with one attached hydrogen (secondary N) is 5. The summed E-state index contributed by atoms with van der Waals surface area (Å²) in [6, 6.07) is 16.2. The number of piperazine rings is 2. The van der Waals surface area contributed by atoms with Gasteiger partial charge in [0.05, 0.1) is 37.7 Å². The fourth-order valence-electron chi connectivity index (χ4n) is 13.9. The van der Waals surface area contributed by atoms with Gasteiger partial charge in [-0.1, -0.05) is 52.0 Å². The minimum absolute atomic E-state index is 0.000841. The van der Waals surface area contributed by atoms with Crippen LogP contribution in [0.3, 0.4) is 0 Å². The third kappa shape index (κ3) is 14.0. The van der Waals surface area contributed by atoms with E-state index in [-0.39, 0.29) is 89.6 Å². The quantitative estimate of drug-likeness (QED) is 0.109. The molecule has 22 heteroatoms. The molecule has 7 aliphatic heterocycles. The number of ether oxygens (including phenoxy) is 2. The lowest BCUT2D eigenvalue weighted by Crippen LogP contribution is -2.62. The summed E-state index contributed by atoms with van der Waals surface area (Å²) in [7, 11) is 0. The second kappa shape index (κ2) is 25.8. The molecule has 9 heterocycles. The molecule has 20 nitrogen and oxygen atoms in total. The van der Waals surface area contributed by atoms with Gasteiger partial charge in [0.2, 0.25) is 17.7 Å². The van der Waals surface area contributed by atoms with Gasteiger partial charge in [-0.05, 0) is 80.1 Å². The first kappa shape index (κ1) is 61.4. The van der Waals surface area contributed by atoms with Gasteiger partial charge in [0.1, 0.15) is 23.8 Å². The van der Waals surface area contributed by atoms with E-state index in [1.165, 1.54) is 24.3 Å². The van der Waals surface area contributed by atoms with E-state index in [2.05, 4.69) is 59.4 Å². The number of morpholine rings is 2. The van der Waals surface area contributed by atoms with Gasteiger partial charge in [-0.15, -0.1) is 0 Å². The van der Waals surface area contributed by atoms with Crippen LogP contribution in [0.15, 0.2) is 70.3 Å². The van der Waals surface area contributed by atoms with Crippen molar-refractivity contribution in [1.82, 2.24) is 50.4 Å². The number of halogens is 2. The number of anilines is 2. The first-order valence-electron chi connectivity index (χ1n) is 30.9. The molecule has 0 aliphatic carbocycles. The summed E-state index contributed by atoms with van der Waals surface area (Å²) in [5, 5.41) is 10.4. The standard InChI is InChI=1S/C64H86F2N12O8/c1-40-30-75(36-55(79)77-38-63(3,4)57-51(77)25-45(59(81)70-57)23-42-7-11-47(65)12-8-42)49(28-67-40)32-72-19-21-85-53(34-72)61(83)69-27-44-15-17-74(18-16-44)62(84)54-35-73(20-22-86-54)33-50-29-68-41(2)31-76(50)37-56(80)78-39-64(5,6)58-52(78)26-46(60(82)71-58)24-43-9-13-48(66)14-10-43/h7-14,25-26,40-41,44,49-50,53-54,67-68H,15-24,27-39H2,1-6H3,(H,69,83)(H,70,81)(H,71,82)/t40-,41-,49-,50-,53+,54+/m1/s1. The minimum atomic E-state index is -0.644. The zero-order valence-electron chi connectivity index (χ0n) is 50.7. The number of H-pyrrole nitrogens is 2. The molecule has 7 aliphatic rings. The number of likely N-dealkylation sites (tertiary alicyclic amines) is 1. The van der Waals surface area contributed by atoms with Crippen LogP contribution in [0.4, 0.5) is 20.2 Å². The zero-order valence-corrected chi connectivity index (χ0v) is 50.7. The lowest BCUT2D eigenvalue weighted by molar-refractivity contribution is -0.151. The summed E-state index contributed by atoms with van der Waals surface area (Å²) in [6.07, 6.45) is 0.863. The largest absolute Gasteiger partial charge is 0.366 e. The number of benzene rings is 2. The molecule has 0 unspecified atom stereocenters. The van der Waals surface area contributed by atoms with Crippen molar-refractivity contribution < 1.29 is 37.4 Å². The Balaban J connectivity index is 0.632. The van der Waals surface area contributed by atoms with Gasteiger partial charge in [0.15, 0.2) is 0 Å². The summed E-state index contributed by atoms with van der Waals surface area (Å²) in [6.45, 7) is 22.2. The number of pyridine rings is 2. The molecule has 4 aromatic rings. The number of nitrogens with zero attached hydrogens (tertiary/aromatic N) is 7. The number of piperidine rings is 1. The smallest absolute Gasteiger partial charge is 0.253 e. The Morgan fingerprint density at radius 3 is 1.52 bits per heavy atom. The maximum Gasteiger partial charge on any atom is 0.253 e. The van der Waals surface area contributed by atoms with Gasteiger partial charge in [-0.25, -0.2) is 8.78 Å². The van der Waals surface area contributed by atoms with Gasteiger partial charge in [-0.2, -0.15) is 0 Å². The second-order valence-electron chi connectivity index (χ2n) is 26.6. The fraction of sp³-hybridized carbons (Fsp3) is 0.594. The summed E-state index contributed by atoms with van der Waals surface area (Å²) in [5.74, 6) is -0.763. The van der Waals surface area contributed by atoms with Crippen LogP contribution in [-0.4, -0.2) is 219 Å². The van der Waals surface area contributed by atoms with Crippen LogP contribution < -0.4 is 36.9 Å². The number of fused-ring (bicyclic) bond motifs is 2. The van der Waals surface area contributed by atoms with Gasteiger partial charge in [0, 0.05) is 169 Å². The molecule has 0 radical (unpaired) electrons. The third-order valence-corrected chi connectivity index (χ3v) is 18.9. The lowest BCUT2D eigenvalue weighted by Gasteiger charge is -2.43. The van der Waals surface area contributed by atoms with Crippen LogP contribution >= 0.6 is 0 Å². The lowest BCUT2D eigenvalue weighted by atomic mass is 9.91.